The zero-order valence-electron chi connectivity index (χ0n) is 17.3. The van der Waals surface area contributed by atoms with Crippen LogP contribution in [0.2, 0.25) is 0 Å². The van der Waals surface area contributed by atoms with E-state index in [1.54, 1.807) is 0 Å². The Morgan fingerprint density at radius 2 is 0.885 bits per heavy atom. The molecule has 1 amide bonds. The maximum absolute atomic E-state index is 11.2. The second-order valence-corrected chi connectivity index (χ2v) is 8.44. The Bertz CT molecular complexity index is 298. The van der Waals surface area contributed by atoms with Crippen molar-refractivity contribution < 1.29 is 10.0 Å². The van der Waals surface area contributed by atoms with Crippen LogP contribution in [-0.4, -0.2) is 15.2 Å². The van der Waals surface area contributed by atoms with Gasteiger partial charge in [-0.3, -0.25) is 10.0 Å². The minimum Gasteiger partial charge on any atom is -0.275 e. The molecule has 0 atom stereocenters. The largest absolute Gasteiger partial charge is 0.275 e. The van der Waals surface area contributed by atoms with Crippen LogP contribution in [0.1, 0.15) is 135 Å². The van der Waals surface area contributed by atoms with Crippen LogP contribution in [0.5, 0.6) is 0 Å². The fraction of sp³-hybridized carbons (Fsp3) is 0.955. The van der Waals surface area contributed by atoms with Crippen molar-refractivity contribution in [2.75, 3.05) is 0 Å². The lowest BCUT2D eigenvalue weighted by Gasteiger charge is -2.05. The second-order valence-electron chi connectivity index (χ2n) is 7.77. The number of hydroxylamine groups is 1. The van der Waals surface area contributed by atoms with Crippen LogP contribution in [0, 0.1) is 0 Å². The fourth-order valence-electron chi connectivity index (χ4n) is 3.45. The number of hydrogen-bond acceptors (Lipinski definition) is 2. The van der Waals surface area contributed by atoms with Gasteiger partial charge in [0.1, 0.15) is 0 Å². The van der Waals surface area contributed by atoms with Gasteiger partial charge in [-0.25, -0.2) is 0 Å². The first-order valence-electron chi connectivity index (χ1n) is 11.4. The SMILES string of the molecule is CCCCCCCCCCCCCCCCCCCCCC(=O)N(O)Br. The molecule has 0 unspecified atom stereocenters. The van der Waals surface area contributed by atoms with Gasteiger partial charge in [-0.2, -0.15) is 4.09 Å². The van der Waals surface area contributed by atoms with Crippen molar-refractivity contribution in [3.63, 3.8) is 0 Å². The van der Waals surface area contributed by atoms with E-state index in [0.717, 1.165) is 12.8 Å². The second kappa shape index (κ2) is 21.2. The van der Waals surface area contributed by atoms with Gasteiger partial charge in [0.2, 0.25) is 0 Å². The smallest absolute Gasteiger partial charge is 0.256 e. The van der Waals surface area contributed by atoms with Crippen molar-refractivity contribution in [1.82, 2.24) is 4.09 Å². The molecule has 0 saturated heterocycles. The first-order valence-corrected chi connectivity index (χ1v) is 12.1. The number of carbonyl (C=O) groups excluding carboxylic acids is 1. The highest BCUT2D eigenvalue weighted by Crippen LogP contribution is 2.15. The first kappa shape index (κ1) is 25.9. The molecule has 0 rings (SSSR count). The van der Waals surface area contributed by atoms with E-state index >= 15 is 0 Å². The highest BCUT2D eigenvalue weighted by Gasteiger charge is 2.05. The molecule has 26 heavy (non-hydrogen) atoms. The van der Waals surface area contributed by atoms with Crippen LogP contribution in [0.3, 0.4) is 0 Å². The molecule has 1 N–H and O–H groups in total. The average Bonchev–Trinajstić information content (AvgIpc) is 2.63. The summed E-state index contributed by atoms with van der Waals surface area (Å²) in [6, 6.07) is 0. The van der Waals surface area contributed by atoms with Gasteiger partial charge in [-0.1, -0.05) is 122 Å². The molecule has 3 nitrogen and oxygen atoms in total. The molecule has 0 aliphatic rings. The molecular weight excluding hydrogens is 390 g/mol. The van der Waals surface area contributed by atoms with E-state index in [-0.39, 0.29) is 5.91 Å². The van der Waals surface area contributed by atoms with Gasteiger partial charge < -0.3 is 0 Å². The van der Waals surface area contributed by atoms with Crippen molar-refractivity contribution in [2.45, 2.75) is 135 Å². The van der Waals surface area contributed by atoms with E-state index in [2.05, 4.69) is 23.1 Å². The maximum atomic E-state index is 11.2. The van der Waals surface area contributed by atoms with E-state index in [1.165, 1.54) is 109 Å². The van der Waals surface area contributed by atoms with Crippen molar-refractivity contribution in [1.29, 1.82) is 0 Å². The van der Waals surface area contributed by atoms with Gasteiger partial charge in [0.05, 0.1) is 16.1 Å². The lowest BCUT2D eigenvalue weighted by molar-refractivity contribution is -0.143. The van der Waals surface area contributed by atoms with Crippen LogP contribution < -0.4 is 0 Å². The van der Waals surface area contributed by atoms with Crippen molar-refractivity contribution in [2.24, 2.45) is 0 Å². The molecule has 0 saturated carbocycles. The van der Waals surface area contributed by atoms with Gasteiger partial charge in [-0.15, -0.1) is 0 Å². The molecule has 0 aliphatic carbocycles. The number of unbranched alkanes of at least 4 members (excludes halogenated alkanes) is 18. The standard InChI is InChI=1S/C22H44BrNO2/c1-2-3-4-5-6-7-8-9-10-11-12-13-14-15-16-17-18-19-20-21-22(25)24(23)26/h26H,2-21H2,1H3. The molecule has 0 aliphatic heterocycles. The average molecular weight is 435 g/mol. The fourth-order valence-corrected chi connectivity index (χ4v) is 3.62. The summed E-state index contributed by atoms with van der Waals surface area (Å²) in [5.41, 5.74) is 0. The normalized spacial score (nSPS) is 11.0. The van der Waals surface area contributed by atoms with Gasteiger partial charge in [0.25, 0.3) is 5.91 Å². The quantitative estimate of drug-likeness (QED) is 0.0905. The van der Waals surface area contributed by atoms with Crippen molar-refractivity contribution >= 4 is 22.1 Å². The number of carbonyl (C=O) groups is 1. The van der Waals surface area contributed by atoms with E-state index in [9.17, 15) is 4.79 Å². The molecule has 0 spiro atoms. The zero-order valence-corrected chi connectivity index (χ0v) is 18.9. The third-order valence-electron chi connectivity index (χ3n) is 5.20. The summed E-state index contributed by atoms with van der Waals surface area (Å²) in [5, 5.41) is 8.87. The van der Waals surface area contributed by atoms with Gasteiger partial charge >= 0.3 is 0 Å². The van der Waals surface area contributed by atoms with Crippen molar-refractivity contribution in [3.05, 3.63) is 0 Å². The summed E-state index contributed by atoms with van der Waals surface area (Å²) >= 11 is 2.73. The number of rotatable bonds is 20. The summed E-state index contributed by atoms with van der Waals surface area (Å²) in [5.74, 6) is -0.253. The van der Waals surface area contributed by atoms with E-state index in [0.29, 0.717) is 10.5 Å². The van der Waals surface area contributed by atoms with E-state index in [1.807, 2.05) is 0 Å². The lowest BCUT2D eigenvalue weighted by atomic mass is 10.0. The van der Waals surface area contributed by atoms with Gasteiger partial charge in [-0.05, 0) is 6.42 Å². The van der Waals surface area contributed by atoms with Crippen LogP contribution in [0.15, 0.2) is 0 Å². The van der Waals surface area contributed by atoms with Gasteiger partial charge in [0.15, 0.2) is 0 Å². The maximum Gasteiger partial charge on any atom is 0.256 e. The summed E-state index contributed by atoms with van der Waals surface area (Å²) in [7, 11) is 0. The Morgan fingerprint density at radius 3 is 1.15 bits per heavy atom. The summed E-state index contributed by atoms with van der Waals surface area (Å²) in [4.78, 5) is 11.2. The Kier molecular flexibility index (Phi) is 21.1. The minimum atomic E-state index is -0.253. The number of amides is 1. The Hall–Kier alpha value is -0.0900. The number of nitrogens with zero attached hydrogens (tertiary/aromatic N) is 1. The molecule has 0 heterocycles. The highest BCUT2D eigenvalue weighted by atomic mass is 79.9. The third-order valence-corrected chi connectivity index (χ3v) is 5.60. The molecule has 0 fully saturated rings. The molecule has 0 radical (unpaired) electrons. The molecule has 4 heteroatoms. The molecular formula is C22H44BrNO2. The van der Waals surface area contributed by atoms with E-state index in [4.69, 9.17) is 5.21 Å². The molecule has 0 aromatic rings. The Morgan fingerprint density at radius 1 is 0.615 bits per heavy atom. The third kappa shape index (κ3) is 20.2. The van der Waals surface area contributed by atoms with Crippen LogP contribution in [-0.2, 0) is 4.79 Å². The minimum absolute atomic E-state index is 0.253. The van der Waals surface area contributed by atoms with Crippen molar-refractivity contribution in [3.8, 4) is 0 Å². The predicted molar refractivity (Wildman–Crippen MR) is 116 cm³/mol. The zero-order chi connectivity index (χ0) is 19.3. The lowest BCUT2D eigenvalue weighted by Crippen LogP contribution is -2.15. The van der Waals surface area contributed by atoms with Crippen LogP contribution in [0.25, 0.3) is 0 Å². The molecule has 156 valence electrons. The van der Waals surface area contributed by atoms with E-state index < -0.39 is 0 Å². The topological polar surface area (TPSA) is 40.5 Å². The van der Waals surface area contributed by atoms with Crippen LogP contribution >= 0.6 is 16.1 Å². The number of hydrogen-bond donors (Lipinski definition) is 1. The Labute approximate surface area is 171 Å². The Balaban J connectivity index is 3.04. The highest BCUT2D eigenvalue weighted by molar-refractivity contribution is 9.07. The summed E-state index contributed by atoms with van der Waals surface area (Å²) in [6.07, 6.45) is 26.1. The molecule has 0 bridgehead atoms. The first-order chi connectivity index (χ1) is 12.7. The van der Waals surface area contributed by atoms with Gasteiger partial charge in [0, 0.05) is 6.42 Å². The summed E-state index contributed by atoms with van der Waals surface area (Å²) < 4.78 is 0.516. The summed E-state index contributed by atoms with van der Waals surface area (Å²) in [6.45, 7) is 2.28. The number of halogens is 1. The molecule has 0 aromatic heterocycles. The van der Waals surface area contributed by atoms with Crippen LogP contribution in [0.4, 0.5) is 0 Å². The predicted octanol–water partition coefficient (Wildman–Crippen LogP) is 8.34. The monoisotopic (exact) mass is 433 g/mol. The molecule has 0 aromatic carbocycles.